The Bertz CT molecular complexity index is 796. The predicted molar refractivity (Wildman–Crippen MR) is 88.1 cm³/mol. The number of urea groups is 1. The smallest absolute Gasteiger partial charge is 0.323 e. The van der Waals surface area contributed by atoms with E-state index in [9.17, 15) is 9.90 Å². The van der Waals surface area contributed by atoms with E-state index >= 15 is 0 Å². The number of ether oxygens (including phenoxy) is 2. The molecule has 1 heterocycles. The summed E-state index contributed by atoms with van der Waals surface area (Å²) < 4.78 is 10.4. The first-order chi connectivity index (χ1) is 11.0. The van der Waals surface area contributed by atoms with Crippen molar-refractivity contribution in [3.05, 3.63) is 39.9 Å². The summed E-state index contributed by atoms with van der Waals surface area (Å²) in [5.74, 6) is 0.923. The summed E-state index contributed by atoms with van der Waals surface area (Å²) in [6.07, 6.45) is 0. The molecule has 1 aliphatic heterocycles. The fraction of sp³-hybridized carbons (Fsp3) is 0.133. The van der Waals surface area contributed by atoms with E-state index in [0.29, 0.717) is 27.8 Å². The highest BCUT2D eigenvalue weighted by Gasteiger charge is 2.16. The predicted octanol–water partition coefficient (Wildman–Crippen LogP) is 4.38. The molecule has 0 saturated heterocycles. The zero-order valence-electron chi connectivity index (χ0n) is 11.9. The molecule has 0 spiro atoms. The van der Waals surface area contributed by atoms with Gasteiger partial charge in [-0.05, 0) is 30.7 Å². The number of nitrogens with one attached hydrogen (secondary N) is 2. The van der Waals surface area contributed by atoms with E-state index in [-0.39, 0.29) is 23.3 Å². The average Bonchev–Trinajstić information content (AvgIpc) is 2.98. The molecule has 0 atom stereocenters. The van der Waals surface area contributed by atoms with E-state index in [0.717, 1.165) is 0 Å². The normalized spacial score (nSPS) is 12.1. The number of carbonyl (C=O) groups excluding carboxylic acids is 1. The number of hydrogen-bond acceptors (Lipinski definition) is 4. The minimum absolute atomic E-state index is 0.0934. The number of phenolic OH excluding ortho intramolecular Hbond substituents is 1. The first-order valence-electron chi connectivity index (χ1n) is 6.61. The van der Waals surface area contributed by atoms with Crippen LogP contribution in [0, 0.1) is 6.92 Å². The molecule has 3 rings (SSSR count). The maximum atomic E-state index is 12.1. The molecule has 120 valence electrons. The number of benzene rings is 2. The average molecular weight is 355 g/mol. The van der Waals surface area contributed by atoms with Crippen molar-refractivity contribution in [1.29, 1.82) is 0 Å². The monoisotopic (exact) mass is 354 g/mol. The Balaban J connectivity index is 1.75. The topological polar surface area (TPSA) is 79.8 Å². The molecule has 8 heteroatoms. The molecule has 23 heavy (non-hydrogen) atoms. The van der Waals surface area contributed by atoms with Gasteiger partial charge in [-0.2, -0.15) is 0 Å². The molecule has 0 unspecified atom stereocenters. The first kappa shape index (κ1) is 15.6. The molecular weight excluding hydrogens is 343 g/mol. The Morgan fingerprint density at radius 3 is 2.70 bits per heavy atom. The van der Waals surface area contributed by atoms with Gasteiger partial charge >= 0.3 is 6.03 Å². The molecule has 0 saturated carbocycles. The summed E-state index contributed by atoms with van der Waals surface area (Å²) >= 11 is 12.0. The van der Waals surface area contributed by atoms with E-state index in [4.69, 9.17) is 32.7 Å². The lowest BCUT2D eigenvalue weighted by molar-refractivity contribution is 0.174. The van der Waals surface area contributed by atoms with Gasteiger partial charge in [-0.1, -0.05) is 23.2 Å². The van der Waals surface area contributed by atoms with Crippen LogP contribution in [-0.4, -0.2) is 17.9 Å². The summed E-state index contributed by atoms with van der Waals surface area (Å²) in [6.45, 7) is 1.82. The van der Waals surface area contributed by atoms with E-state index in [1.807, 2.05) is 0 Å². The van der Waals surface area contributed by atoms with Crippen molar-refractivity contribution in [1.82, 2.24) is 0 Å². The van der Waals surface area contributed by atoms with Crippen molar-refractivity contribution in [3.8, 4) is 17.2 Å². The summed E-state index contributed by atoms with van der Waals surface area (Å²) in [7, 11) is 0. The maximum absolute atomic E-state index is 12.1. The molecule has 0 aromatic heterocycles. The van der Waals surface area contributed by atoms with Crippen LogP contribution in [-0.2, 0) is 0 Å². The zero-order chi connectivity index (χ0) is 16.6. The van der Waals surface area contributed by atoms with E-state index < -0.39 is 6.03 Å². The number of fused-ring (bicyclic) bond motifs is 1. The summed E-state index contributed by atoms with van der Waals surface area (Å²) in [6, 6.07) is 5.86. The molecule has 0 fully saturated rings. The molecule has 2 amide bonds. The number of hydrogen-bond donors (Lipinski definition) is 3. The highest BCUT2D eigenvalue weighted by molar-refractivity contribution is 6.37. The number of aromatic hydroxyl groups is 1. The van der Waals surface area contributed by atoms with Gasteiger partial charge in [0.2, 0.25) is 6.79 Å². The molecule has 2 aromatic rings. The second-order valence-electron chi connectivity index (χ2n) is 4.84. The van der Waals surface area contributed by atoms with Crippen molar-refractivity contribution in [2.75, 3.05) is 17.4 Å². The minimum atomic E-state index is -0.560. The number of phenols is 1. The molecule has 1 aliphatic rings. The molecule has 0 radical (unpaired) electrons. The number of carbonyl (C=O) groups is 1. The first-order valence-corrected chi connectivity index (χ1v) is 7.36. The Kier molecular flexibility index (Phi) is 4.11. The minimum Gasteiger partial charge on any atom is -0.504 e. The van der Waals surface area contributed by atoms with Crippen LogP contribution in [0.4, 0.5) is 16.2 Å². The van der Waals surface area contributed by atoms with Crippen LogP contribution in [0.25, 0.3) is 0 Å². The number of halogens is 2. The Morgan fingerprint density at radius 1 is 1.17 bits per heavy atom. The fourth-order valence-electron chi connectivity index (χ4n) is 2.06. The van der Waals surface area contributed by atoms with Crippen LogP contribution in [0.5, 0.6) is 17.2 Å². The van der Waals surface area contributed by atoms with Gasteiger partial charge in [-0.3, -0.25) is 0 Å². The summed E-state index contributed by atoms with van der Waals surface area (Å²) in [5.41, 5.74) is 1.16. The molecule has 2 aromatic carbocycles. The molecule has 6 nitrogen and oxygen atoms in total. The van der Waals surface area contributed by atoms with Crippen LogP contribution in [0.15, 0.2) is 24.3 Å². The number of anilines is 2. The van der Waals surface area contributed by atoms with Gasteiger partial charge in [0.15, 0.2) is 17.2 Å². The van der Waals surface area contributed by atoms with E-state index in [1.54, 1.807) is 25.1 Å². The van der Waals surface area contributed by atoms with Crippen molar-refractivity contribution in [3.63, 3.8) is 0 Å². The van der Waals surface area contributed by atoms with Crippen molar-refractivity contribution < 1.29 is 19.4 Å². The third-order valence-electron chi connectivity index (χ3n) is 3.30. The van der Waals surface area contributed by atoms with Gasteiger partial charge in [0.1, 0.15) is 0 Å². The number of rotatable bonds is 2. The lowest BCUT2D eigenvalue weighted by atomic mass is 10.2. The van der Waals surface area contributed by atoms with Gasteiger partial charge in [-0.15, -0.1) is 0 Å². The number of amides is 2. The highest BCUT2D eigenvalue weighted by Crippen LogP contribution is 2.39. The maximum Gasteiger partial charge on any atom is 0.323 e. The highest BCUT2D eigenvalue weighted by atomic mass is 35.5. The second kappa shape index (κ2) is 6.06. The largest absolute Gasteiger partial charge is 0.504 e. The van der Waals surface area contributed by atoms with Crippen molar-refractivity contribution in [2.45, 2.75) is 6.92 Å². The van der Waals surface area contributed by atoms with Gasteiger partial charge in [0.25, 0.3) is 0 Å². The van der Waals surface area contributed by atoms with Gasteiger partial charge < -0.3 is 25.2 Å². The lowest BCUT2D eigenvalue weighted by Crippen LogP contribution is -2.19. The van der Waals surface area contributed by atoms with Crippen LogP contribution >= 0.6 is 23.2 Å². The van der Waals surface area contributed by atoms with Gasteiger partial charge in [0, 0.05) is 16.8 Å². The SMILES string of the molecule is Cc1c(Cl)cc(NC(=O)Nc2ccc3c(c2)OCO3)c(O)c1Cl. The molecular formula is C15H12Cl2N2O4. The quantitative estimate of drug-likeness (QED) is 0.699. The second-order valence-corrected chi connectivity index (χ2v) is 5.63. The van der Waals surface area contributed by atoms with Crippen LogP contribution < -0.4 is 20.1 Å². The molecule has 0 aliphatic carbocycles. The standard InChI is InChI=1S/C15H12Cl2N2O4/c1-7-9(16)5-10(14(20)13(7)17)19-15(21)18-8-2-3-11-12(4-8)23-6-22-11/h2-5,20H,6H2,1H3,(H2,18,19,21). The van der Waals surface area contributed by atoms with E-state index in [2.05, 4.69) is 10.6 Å². The zero-order valence-corrected chi connectivity index (χ0v) is 13.5. The summed E-state index contributed by atoms with van der Waals surface area (Å²) in [5, 5.41) is 15.5. The molecule has 0 bridgehead atoms. The Hall–Kier alpha value is -2.31. The van der Waals surface area contributed by atoms with Gasteiger partial charge in [0.05, 0.1) is 10.7 Å². The summed E-state index contributed by atoms with van der Waals surface area (Å²) in [4.78, 5) is 12.1. The lowest BCUT2D eigenvalue weighted by Gasteiger charge is -2.12. The van der Waals surface area contributed by atoms with Gasteiger partial charge in [-0.25, -0.2) is 4.79 Å². The van der Waals surface area contributed by atoms with Crippen LogP contribution in [0.2, 0.25) is 10.0 Å². The fourth-order valence-corrected chi connectivity index (χ4v) is 2.51. The third kappa shape index (κ3) is 3.09. The Morgan fingerprint density at radius 2 is 1.91 bits per heavy atom. The Labute approximate surface area is 141 Å². The van der Waals surface area contributed by atoms with Crippen LogP contribution in [0.1, 0.15) is 5.56 Å². The third-order valence-corrected chi connectivity index (χ3v) is 4.16. The molecule has 3 N–H and O–H groups in total. The van der Waals surface area contributed by atoms with Crippen LogP contribution in [0.3, 0.4) is 0 Å². The van der Waals surface area contributed by atoms with E-state index in [1.165, 1.54) is 6.07 Å². The van der Waals surface area contributed by atoms with Crippen molar-refractivity contribution in [2.24, 2.45) is 0 Å². The van der Waals surface area contributed by atoms with Crippen molar-refractivity contribution >= 4 is 40.6 Å².